The largest absolute Gasteiger partial charge is 0.475 e. The molecule has 1 heterocycles. The summed E-state index contributed by atoms with van der Waals surface area (Å²) >= 11 is 0. The standard InChI is InChI=1S/C13H21NO3/c1-8-4-6-10(7-5-8)12-14-11(9(2)17-12)13(15)16-3/h8-11H,4-7H2,1-3H3/t8-,9?,10-,11?. The molecule has 0 aromatic rings. The number of ether oxygens (including phenoxy) is 2. The van der Waals surface area contributed by atoms with Crippen molar-refractivity contribution in [2.45, 2.75) is 51.7 Å². The Morgan fingerprint density at radius 3 is 2.53 bits per heavy atom. The number of hydrogen-bond acceptors (Lipinski definition) is 4. The van der Waals surface area contributed by atoms with Gasteiger partial charge in [-0.15, -0.1) is 0 Å². The SMILES string of the molecule is COC(=O)C1N=C([C@H]2CC[C@H](C)CC2)OC1C. The Labute approximate surface area is 102 Å². The van der Waals surface area contributed by atoms with Gasteiger partial charge >= 0.3 is 5.97 Å². The molecule has 2 atom stereocenters. The molecule has 2 rings (SSSR count). The van der Waals surface area contributed by atoms with Gasteiger partial charge in [0.15, 0.2) is 11.9 Å². The minimum absolute atomic E-state index is 0.184. The van der Waals surface area contributed by atoms with Gasteiger partial charge in [0.25, 0.3) is 0 Å². The van der Waals surface area contributed by atoms with Crippen molar-refractivity contribution in [2.24, 2.45) is 16.8 Å². The zero-order chi connectivity index (χ0) is 12.4. The van der Waals surface area contributed by atoms with Gasteiger partial charge in [0.2, 0.25) is 0 Å². The first-order valence-electron chi connectivity index (χ1n) is 6.44. The lowest BCUT2D eigenvalue weighted by Crippen LogP contribution is -2.29. The number of hydrogen-bond donors (Lipinski definition) is 0. The normalized spacial score (nSPS) is 37.2. The van der Waals surface area contributed by atoms with E-state index in [1.807, 2.05) is 6.92 Å². The number of esters is 1. The van der Waals surface area contributed by atoms with Crippen LogP contribution in [0.25, 0.3) is 0 Å². The maximum Gasteiger partial charge on any atom is 0.334 e. The van der Waals surface area contributed by atoms with E-state index in [2.05, 4.69) is 11.9 Å². The second-order valence-electron chi connectivity index (χ2n) is 5.22. The summed E-state index contributed by atoms with van der Waals surface area (Å²) in [5.41, 5.74) is 0. The summed E-state index contributed by atoms with van der Waals surface area (Å²) in [6.45, 7) is 4.16. The second kappa shape index (κ2) is 5.07. The van der Waals surface area contributed by atoms with Gasteiger partial charge in [-0.1, -0.05) is 6.92 Å². The van der Waals surface area contributed by atoms with E-state index >= 15 is 0 Å². The number of rotatable bonds is 2. The van der Waals surface area contributed by atoms with Crippen molar-refractivity contribution >= 4 is 11.9 Å². The molecule has 96 valence electrons. The van der Waals surface area contributed by atoms with Crippen LogP contribution in [-0.4, -0.2) is 31.1 Å². The van der Waals surface area contributed by atoms with Gasteiger partial charge < -0.3 is 9.47 Å². The summed E-state index contributed by atoms with van der Waals surface area (Å²) in [4.78, 5) is 15.9. The molecule has 2 aliphatic rings. The monoisotopic (exact) mass is 239 g/mol. The first-order chi connectivity index (χ1) is 8.11. The number of aliphatic imine (C=N–C) groups is 1. The molecule has 17 heavy (non-hydrogen) atoms. The van der Waals surface area contributed by atoms with Crippen molar-refractivity contribution in [1.29, 1.82) is 0 Å². The molecule has 1 saturated carbocycles. The van der Waals surface area contributed by atoms with E-state index in [9.17, 15) is 4.79 Å². The average Bonchev–Trinajstić information content (AvgIpc) is 2.71. The molecule has 0 bridgehead atoms. The summed E-state index contributed by atoms with van der Waals surface area (Å²) < 4.78 is 10.5. The van der Waals surface area contributed by atoms with Crippen molar-refractivity contribution in [3.05, 3.63) is 0 Å². The fraction of sp³-hybridized carbons (Fsp3) is 0.846. The summed E-state index contributed by atoms with van der Waals surface area (Å²) in [7, 11) is 1.39. The third-order valence-corrected chi connectivity index (χ3v) is 3.83. The average molecular weight is 239 g/mol. The van der Waals surface area contributed by atoms with Crippen LogP contribution in [0.4, 0.5) is 0 Å². The van der Waals surface area contributed by atoms with Crippen molar-refractivity contribution in [3.63, 3.8) is 0 Å². The molecule has 0 N–H and O–H groups in total. The molecule has 4 heteroatoms. The fourth-order valence-corrected chi connectivity index (χ4v) is 2.60. The van der Waals surface area contributed by atoms with E-state index in [0.717, 1.165) is 24.7 Å². The zero-order valence-corrected chi connectivity index (χ0v) is 10.8. The lowest BCUT2D eigenvalue weighted by Gasteiger charge is -2.25. The Morgan fingerprint density at radius 2 is 1.94 bits per heavy atom. The third-order valence-electron chi connectivity index (χ3n) is 3.83. The van der Waals surface area contributed by atoms with Gasteiger partial charge in [-0.05, 0) is 38.5 Å². The van der Waals surface area contributed by atoms with Crippen LogP contribution in [0.15, 0.2) is 4.99 Å². The molecular formula is C13H21NO3. The van der Waals surface area contributed by atoms with E-state index in [1.165, 1.54) is 20.0 Å². The van der Waals surface area contributed by atoms with Crippen molar-refractivity contribution in [3.8, 4) is 0 Å². The van der Waals surface area contributed by atoms with E-state index in [1.54, 1.807) is 0 Å². The van der Waals surface area contributed by atoms with Crippen LogP contribution in [0, 0.1) is 11.8 Å². The lowest BCUT2D eigenvalue weighted by molar-refractivity contribution is -0.143. The van der Waals surface area contributed by atoms with Crippen molar-refractivity contribution < 1.29 is 14.3 Å². The van der Waals surface area contributed by atoms with Gasteiger partial charge in [0.05, 0.1) is 7.11 Å². The van der Waals surface area contributed by atoms with Gasteiger partial charge in [0, 0.05) is 5.92 Å². The van der Waals surface area contributed by atoms with Gasteiger partial charge in [-0.3, -0.25) is 0 Å². The highest BCUT2D eigenvalue weighted by Crippen LogP contribution is 2.32. The van der Waals surface area contributed by atoms with E-state index in [4.69, 9.17) is 9.47 Å². The molecule has 0 aromatic heterocycles. The maximum atomic E-state index is 11.5. The minimum atomic E-state index is -0.464. The van der Waals surface area contributed by atoms with E-state index in [0.29, 0.717) is 5.92 Å². The van der Waals surface area contributed by atoms with Gasteiger partial charge in [-0.25, -0.2) is 9.79 Å². The second-order valence-corrected chi connectivity index (χ2v) is 5.22. The Morgan fingerprint density at radius 1 is 1.29 bits per heavy atom. The molecule has 2 unspecified atom stereocenters. The first kappa shape index (κ1) is 12.4. The Balaban J connectivity index is 2.00. The number of methoxy groups -OCH3 is 1. The topological polar surface area (TPSA) is 47.9 Å². The molecule has 0 saturated heterocycles. The Hall–Kier alpha value is -1.06. The fourth-order valence-electron chi connectivity index (χ4n) is 2.60. The highest BCUT2D eigenvalue weighted by atomic mass is 16.5. The molecule has 0 amide bonds. The van der Waals surface area contributed by atoms with Crippen LogP contribution in [0.2, 0.25) is 0 Å². The molecule has 1 aliphatic heterocycles. The van der Waals surface area contributed by atoms with Crippen LogP contribution in [0.3, 0.4) is 0 Å². The highest BCUT2D eigenvalue weighted by molar-refractivity contribution is 5.87. The van der Waals surface area contributed by atoms with E-state index in [-0.39, 0.29) is 12.1 Å². The Bertz CT molecular complexity index is 319. The van der Waals surface area contributed by atoms with Gasteiger partial charge in [0.1, 0.15) is 6.10 Å². The summed E-state index contributed by atoms with van der Waals surface area (Å²) in [6, 6.07) is -0.464. The molecule has 0 aromatic carbocycles. The molecular weight excluding hydrogens is 218 g/mol. The van der Waals surface area contributed by atoms with Crippen molar-refractivity contribution in [2.75, 3.05) is 7.11 Å². The molecule has 1 aliphatic carbocycles. The molecule has 0 radical (unpaired) electrons. The molecule has 0 spiro atoms. The van der Waals surface area contributed by atoms with Crippen LogP contribution in [0.1, 0.15) is 39.5 Å². The quantitative estimate of drug-likeness (QED) is 0.694. The van der Waals surface area contributed by atoms with Crippen LogP contribution in [-0.2, 0) is 14.3 Å². The van der Waals surface area contributed by atoms with Gasteiger partial charge in [-0.2, -0.15) is 0 Å². The number of nitrogens with zero attached hydrogens (tertiary/aromatic N) is 1. The summed E-state index contributed by atoms with van der Waals surface area (Å²) in [5.74, 6) is 1.70. The predicted molar refractivity (Wildman–Crippen MR) is 64.9 cm³/mol. The predicted octanol–water partition coefficient (Wildman–Crippen LogP) is 2.17. The lowest BCUT2D eigenvalue weighted by atomic mass is 9.83. The number of carbonyl (C=O) groups excluding carboxylic acids is 1. The minimum Gasteiger partial charge on any atom is -0.475 e. The maximum absolute atomic E-state index is 11.5. The summed E-state index contributed by atoms with van der Waals surface area (Å²) in [5, 5.41) is 0. The smallest absolute Gasteiger partial charge is 0.334 e. The zero-order valence-electron chi connectivity index (χ0n) is 10.8. The van der Waals surface area contributed by atoms with Crippen LogP contribution >= 0.6 is 0 Å². The first-order valence-corrected chi connectivity index (χ1v) is 6.44. The molecule has 1 fully saturated rings. The summed E-state index contributed by atoms with van der Waals surface area (Å²) in [6.07, 6.45) is 4.52. The van der Waals surface area contributed by atoms with Crippen molar-refractivity contribution in [1.82, 2.24) is 0 Å². The van der Waals surface area contributed by atoms with Crippen LogP contribution < -0.4 is 0 Å². The van der Waals surface area contributed by atoms with E-state index < -0.39 is 6.04 Å². The Kier molecular flexibility index (Phi) is 3.69. The highest BCUT2D eigenvalue weighted by Gasteiger charge is 2.37. The third kappa shape index (κ3) is 2.61. The molecule has 4 nitrogen and oxygen atoms in total. The van der Waals surface area contributed by atoms with Crippen LogP contribution in [0.5, 0.6) is 0 Å². The number of carbonyl (C=O) groups is 1.